The van der Waals surface area contributed by atoms with Crippen LogP contribution >= 0.6 is 11.3 Å². The molecular formula is C24H23N5O3S. The Morgan fingerprint density at radius 1 is 1.15 bits per heavy atom. The molecular weight excluding hydrogens is 438 g/mol. The van der Waals surface area contributed by atoms with E-state index >= 15 is 0 Å². The first kappa shape index (κ1) is 21.1. The van der Waals surface area contributed by atoms with E-state index in [0.29, 0.717) is 23.8 Å². The number of benzene rings is 2. The van der Waals surface area contributed by atoms with Crippen LogP contribution in [0.25, 0.3) is 32.0 Å². The third kappa shape index (κ3) is 3.84. The zero-order valence-electron chi connectivity index (χ0n) is 18.4. The first-order valence-electron chi connectivity index (χ1n) is 10.9. The van der Waals surface area contributed by atoms with Gasteiger partial charge in [-0.25, -0.2) is 9.67 Å². The molecule has 3 aromatic heterocycles. The molecule has 3 heterocycles. The van der Waals surface area contributed by atoms with Crippen LogP contribution in [0.2, 0.25) is 0 Å². The van der Waals surface area contributed by atoms with E-state index in [9.17, 15) is 9.59 Å². The van der Waals surface area contributed by atoms with Gasteiger partial charge in [0.2, 0.25) is 5.91 Å². The summed E-state index contributed by atoms with van der Waals surface area (Å²) in [6.45, 7) is 5.10. The van der Waals surface area contributed by atoms with Gasteiger partial charge in [0.05, 0.1) is 23.0 Å². The molecule has 0 aliphatic rings. The lowest BCUT2D eigenvalue weighted by Gasteiger charge is -2.07. The summed E-state index contributed by atoms with van der Waals surface area (Å²) in [5.41, 5.74) is 2.07. The number of nitrogens with one attached hydrogen (secondary N) is 1. The molecule has 5 aromatic rings. The van der Waals surface area contributed by atoms with Crippen molar-refractivity contribution in [1.29, 1.82) is 0 Å². The minimum atomic E-state index is -0.355. The predicted molar refractivity (Wildman–Crippen MR) is 131 cm³/mol. The molecule has 0 spiro atoms. The van der Waals surface area contributed by atoms with E-state index in [0.717, 1.165) is 38.7 Å². The molecule has 0 aliphatic heterocycles. The van der Waals surface area contributed by atoms with Crippen molar-refractivity contribution in [2.45, 2.75) is 33.4 Å². The van der Waals surface area contributed by atoms with Crippen LogP contribution in [0.3, 0.4) is 0 Å². The summed E-state index contributed by atoms with van der Waals surface area (Å²) in [5, 5.41) is 9.34. The molecule has 0 bridgehead atoms. The molecule has 33 heavy (non-hydrogen) atoms. The molecule has 1 N–H and O–H groups in total. The third-order valence-electron chi connectivity index (χ3n) is 5.43. The second-order valence-electron chi connectivity index (χ2n) is 7.67. The largest absolute Gasteiger partial charge is 0.494 e. The van der Waals surface area contributed by atoms with Crippen LogP contribution in [0.5, 0.6) is 5.75 Å². The van der Waals surface area contributed by atoms with E-state index in [1.54, 1.807) is 6.20 Å². The summed E-state index contributed by atoms with van der Waals surface area (Å²) in [5.74, 6) is 0.407. The third-order valence-corrected chi connectivity index (χ3v) is 6.36. The van der Waals surface area contributed by atoms with Crippen molar-refractivity contribution in [3.05, 3.63) is 59.0 Å². The van der Waals surface area contributed by atoms with Crippen molar-refractivity contribution in [3.8, 4) is 5.75 Å². The molecule has 0 saturated carbocycles. The molecule has 0 fully saturated rings. The fourth-order valence-electron chi connectivity index (χ4n) is 4.07. The average Bonchev–Trinajstić information content (AvgIpc) is 3.35. The van der Waals surface area contributed by atoms with Crippen LogP contribution in [-0.2, 0) is 17.9 Å². The SMILES string of the molecule is CCCn1c2ccccc2c2cnn(CC(=O)Nc3nc4ccc(OCC)cc4s3)c(=O)c21. The number of fused-ring (bicyclic) bond motifs is 4. The second kappa shape index (κ2) is 8.67. The number of carbonyl (C=O) groups is 1. The number of hydrogen-bond acceptors (Lipinski definition) is 6. The van der Waals surface area contributed by atoms with Gasteiger partial charge < -0.3 is 14.6 Å². The smallest absolute Gasteiger partial charge is 0.291 e. The molecule has 0 radical (unpaired) electrons. The number of anilines is 1. The van der Waals surface area contributed by atoms with Gasteiger partial charge in [0, 0.05) is 22.8 Å². The van der Waals surface area contributed by atoms with E-state index in [4.69, 9.17) is 4.74 Å². The monoisotopic (exact) mass is 461 g/mol. The molecule has 0 atom stereocenters. The van der Waals surface area contributed by atoms with Crippen molar-refractivity contribution in [2.24, 2.45) is 0 Å². The van der Waals surface area contributed by atoms with E-state index < -0.39 is 0 Å². The molecule has 8 nitrogen and oxygen atoms in total. The summed E-state index contributed by atoms with van der Waals surface area (Å²) in [7, 11) is 0. The molecule has 0 unspecified atom stereocenters. The first-order chi connectivity index (χ1) is 16.1. The average molecular weight is 462 g/mol. The number of thiazole rings is 1. The Morgan fingerprint density at radius 3 is 2.82 bits per heavy atom. The van der Waals surface area contributed by atoms with Gasteiger partial charge in [0.25, 0.3) is 5.56 Å². The zero-order chi connectivity index (χ0) is 22.9. The number of aromatic nitrogens is 4. The molecule has 2 aromatic carbocycles. The van der Waals surface area contributed by atoms with Crippen molar-refractivity contribution < 1.29 is 9.53 Å². The van der Waals surface area contributed by atoms with E-state index in [1.165, 1.54) is 16.0 Å². The van der Waals surface area contributed by atoms with Gasteiger partial charge in [-0.2, -0.15) is 5.10 Å². The Kier molecular flexibility index (Phi) is 5.55. The van der Waals surface area contributed by atoms with Gasteiger partial charge in [-0.05, 0) is 37.6 Å². The van der Waals surface area contributed by atoms with E-state index in [2.05, 4.69) is 22.3 Å². The molecule has 0 saturated heterocycles. The van der Waals surface area contributed by atoms with Crippen molar-refractivity contribution in [2.75, 3.05) is 11.9 Å². The number of rotatable bonds is 7. The normalized spacial score (nSPS) is 11.5. The molecule has 5 rings (SSSR count). The van der Waals surface area contributed by atoms with Gasteiger partial charge in [-0.3, -0.25) is 9.59 Å². The van der Waals surface area contributed by atoms with Gasteiger partial charge in [-0.1, -0.05) is 36.5 Å². The van der Waals surface area contributed by atoms with Crippen LogP contribution in [0.15, 0.2) is 53.5 Å². The standard InChI is InChI=1S/C24H23N5O3S/c1-3-11-28-19-8-6-5-7-16(19)17-13-25-29(23(31)22(17)28)14-21(30)27-24-26-18-10-9-15(32-4-2)12-20(18)33-24/h5-10,12-13H,3-4,11,14H2,1-2H3,(H,26,27,30). The molecule has 168 valence electrons. The number of nitrogens with zero attached hydrogens (tertiary/aromatic N) is 4. The Bertz CT molecular complexity index is 1550. The quantitative estimate of drug-likeness (QED) is 0.388. The number of para-hydroxylation sites is 1. The first-order valence-corrected chi connectivity index (χ1v) is 11.7. The van der Waals surface area contributed by atoms with E-state index in [-0.39, 0.29) is 18.0 Å². The highest BCUT2D eigenvalue weighted by atomic mass is 32.1. The van der Waals surface area contributed by atoms with Gasteiger partial charge in [0.1, 0.15) is 17.8 Å². The number of ether oxygens (including phenoxy) is 1. The van der Waals surface area contributed by atoms with Gasteiger partial charge >= 0.3 is 0 Å². The lowest BCUT2D eigenvalue weighted by Crippen LogP contribution is -2.30. The van der Waals surface area contributed by atoms with Crippen LogP contribution in [0, 0.1) is 0 Å². The lowest BCUT2D eigenvalue weighted by molar-refractivity contribution is -0.117. The molecule has 9 heteroatoms. The van der Waals surface area contributed by atoms with Crippen LogP contribution < -0.4 is 15.6 Å². The number of amides is 1. The highest BCUT2D eigenvalue weighted by Crippen LogP contribution is 2.29. The van der Waals surface area contributed by atoms with Crippen LogP contribution in [0.4, 0.5) is 5.13 Å². The van der Waals surface area contributed by atoms with Gasteiger partial charge in [0.15, 0.2) is 5.13 Å². The predicted octanol–water partition coefficient (Wildman–Crippen LogP) is 4.41. The summed E-state index contributed by atoms with van der Waals surface area (Å²) < 4.78 is 9.67. The van der Waals surface area contributed by atoms with Crippen molar-refractivity contribution in [3.63, 3.8) is 0 Å². The minimum absolute atomic E-state index is 0.192. The van der Waals surface area contributed by atoms with Crippen molar-refractivity contribution >= 4 is 54.4 Å². The highest BCUT2D eigenvalue weighted by Gasteiger charge is 2.17. The second-order valence-corrected chi connectivity index (χ2v) is 8.70. The maximum absolute atomic E-state index is 13.3. The maximum atomic E-state index is 13.3. The molecule has 0 aliphatic carbocycles. The zero-order valence-corrected chi connectivity index (χ0v) is 19.2. The van der Waals surface area contributed by atoms with Crippen LogP contribution in [-0.4, -0.2) is 31.8 Å². The minimum Gasteiger partial charge on any atom is -0.494 e. The summed E-state index contributed by atoms with van der Waals surface area (Å²) >= 11 is 1.36. The number of aryl methyl sites for hydroxylation is 1. The Labute approximate surface area is 193 Å². The Balaban J connectivity index is 1.44. The number of hydrogen-bond donors (Lipinski definition) is 1. The van der Waals surface area contributed by atoms with E-state index in [1.807, 2.05) is 54.0 Å². The highest BCUT2D eigenvalue weighted by molar-refractivity contribution is 7.22. The fourth-order valence-corrected chi connectivity index (χ4v) is 4.98. The summed E-state index contributed by atoms with van der Waals surface area (Å²) in [4.78, 5) is 30.5. The molecule has 1 amide bonds. The fraction of sp³-hybridized carbons (Fsp3) is 0.250. The maximum Gasteiger partial charge on any atom is 0.291 e. The lowest BCUT2D eigenvalue weighted by atomic mass is 10.2. The topological polar surface area (TPSA) is 91.0 Å². The number of carbonyl (C=O) groups excluding carboxylic acids is 1. The van der Waals surface area contributed by atoms with Crippen LogP contribution in [0.1, 0.15) is 20.3 Å². The summed E-state index contributed by atoms with van der Waals surface area (Å²) in [6, 6.07) is 13.5. The Hall–Kier alpha value is -3.72. The summed E-state index contributed by atoms with van der Waals surface area (Å²) in [6.07, 6.45) is 2.56. The van der Waals surface area contributed by atoms with Gasteiger partial charge in [-0.15, -0.1) is 0 Å². The Morgan fingerprint density at radius 2 is 2.00 bits per heavy atom. The van der Waals surface area contributed by atoms with Crippen molar-refractivity contribution in [1.82, 2.24) is 19.3 Å².